The summed E-state index contributed by atoms with van der Waals surface area (Å²) in [6, 6.07) is 16.6. The van der Waals surface area contributed by atoms with Gasteiger partial charge in [0.05, 0.1) is 26.3 Å². The minimum Gasteiger partial charge on any atom is -0.497 e. The van der Waals surface area contributed by atoms with Crippen LogP contribution in [0.15, 0.2) is 48.5 Å². The zero-order chi connectivity index (χ0) is 20.4. The molecule has 7 heteroatoms. The lowest BCUT2D eigenvalue weighted by Crippen LogP contribution is -3.09. The highest BCUT2D eigenvalue weighted by atomic mass is 32.1. The van der Waals surface area contributed by atoms with Crippen molar-refractivity contribution in [2.75, 3.05) is 20.8 Å². The summed E-state index contributed by atoms with van der Waals surface area (Å²) in [5, 5.41) is 4.84. The van der Waals surface area contributed by atoms with Gasteiger partial charge in [-0.15, -0.1) is 5.10 Å². The second kappa shape index (κ2) is 8.39. The average molecular weight is 412 g/mol. The highest BCUT2D eigenvalue weighted by Gasteiger charge is 2.33. The Morgan fingerprint density at radius 2 is 1.93 bits per heavy atom. The fraction of sp³-hybridized carbons (Fsp3) is 0.364. The van der Waals surface area contributed by atoms with Crippen molar-refractivity contribution in [3.8, 4) is 22.9 Å². The van der Waals surface area contributed by atoms with Crippen LogP contribution in [0, 0.1) is 4.77 Å². The standard InChI is InChI=1S/C22H26N4O2S/c1-24-21(16-8-5-4-6-9-16)23-26(22(24)29)15-25-13-7-10-19(25)18-12-11-17(27-2)14-20(18)28-3/h4-6,8-9,11-12,14,19H,7,10,13,15H2,1-3H3/p+1/t19-/m1/s1. The number of nitrogens with zero attached hydrogens (tertiary/aromatic N) is 3. The SMILES string of the molecule is COc1ccc([C@H]2CCC[NH+]2Cn2nc(-c3ccccc3)n(C)c2=S)c(OC)c1. The second-order valence-corrected chi connectivity index (χ2v) is 7.76. The van der Waals surface area contributed by atoms with Gasteiger partial charge in [-0.2, -0.15) is 4.68 Å². The van der Waals surface area contributed by atoms with E-state index in [0.717, 1.165) is 47.3 Å². The van der Waals surface area contributed by atoms with Crippen molar-refractivity contribution < 1.29 is 14.4 Å². The molecule has 1 unspecified atom stereocenters. The smallest absolute Gasteiger partial charge is 0.202 e. The summed E-state index contributed by atoms with van der Waals surface area (Å²) >= 11 is 5.69. The summed E-state index contributed by atoms with van der Waals surface area (Å²) < 4.78 is 15.7. The Morgan fingerprint density at radius 1 is 1.14 bits per heavy atom. The van der Waals surface area contributed by atoms with Crippen molar-refractivity contribution in [2.45, 2.75) is 25.6 Å². The molecule has 0 aliphatic carbocycles. The number of aromatic nitrogens is 3. The molecule has 3 aromatic rings. The Hall–Kier alpha value is -2.64. The van der Waals surface area contributed by atoms with Crippen molar-refractivity contribution in [3.63, 3.8) is 0 Å². The quantitative estimate of drug-likeness (QED) is 0.634. The maximum atomic E-state index is 5.69. The molecule has 152 valence electrons. The summed E-state index contributed by atoms with van der Waals surface area (Å²) in [5.74, 6) is 2.58. The first-order chi connectivity index (χ1) is 14.1. The van der Waals surface area contributed by atoms with Gasteiger partial charge in [0.1, 0.15) is 17.5 Å². The first-order valence-corrected chi connectivity index (χ1v) is 10.3. The zero-order valence-electron chi connectivity index (χ0n) is 17.1. The highest BCUT2D eigenvalue weighted by molar-refractivity contribution is 7.71. The van der Waals surface area contributed by atoms with Crippen molar-refractivity contribution in [1.29, 1.82) is 0 Å². The Kier molecular flexibility index (Phi) is 5.69. The molecule has 1 saturated heterocycles. The van der Waals surface area contributed by atoms with E-state index >= 15 is 0 Å². The number of hydrogen-bond acceptors (Lipinski definition) is 4. The molecule has 1 fully saturated rings. The average Bonchev–Trinajstić information content (AvgIpc) is 3.34. The fourth-order valence-electron chi connectivity index (χ4n) is 4.20. The molecule has 2 heterocycles. The third-order valence-corrected chi connectivity index (χ3v) is 6.21. The molecule has 4 rings (SSSR count). The van der Waals surface area contributed by atoms with E-state index in [9.17, 15) is 0 Å². The number of benzene rings is 2. The Labute approximate surface area is 176 Å². The molecule has 2 atom stereocenters. The largest absolute Gasteiger partial charge is 0.497 e. The van der Waals surface area contributed by atoms with E-state index < -0.39 is 0 Å². The van der Waals surface area contributed by atoms with E-state index in [0.29, 0.717) is 6.04 Å². The first-order valence-electron chi connectivity index (χ1n) is 9.88. The summed E-state index contributed by atoms with van der Waals surface area (Å²) in [7, 11) is 5.38. The van der Waals surface area contributed by atoms with Crippen LogP contribution < -0.4 is 14.4 Å². The Morgan fingerprint density at radius 3 is 2.66 bits per heavy atom. The number of likely N-dealkylation sites (tertiary alicyclic amines) is 1. The van der Waals surface area contributed by atoms with Gasteiger partial charge in [0.15, 0.2) is 12.5 Å². The molecule has 29 heavy (non-hydrogen) atoms. The van der Waals surface area contributed by atoms with Crippen LogP contribution in [-0.4, -0.2) is 35.1 Å². The summed E-state index contributed by atoms with van der Waals surface area (Å²) in [6.07, 6.45) is 2.28. The van der Waals surface area contributed by atoms with Gasteiger partial charge in [-0.3, -0.25) is 0 Å². The predicted octanol–water partition coefficient (Wildman–Crippen LogP) is 3.01. The predicted molar refractivity (Wildman–Crippen MR) is 115 cm³/mol. The van der Waals surface area contributed by atoms with E-state index in [1.54, 1.807) is 14.2 Å². The van der Waals surface area contributed by atoms with Gasteiger partial charge in [0.25, 0.3) is 0 Å². The Bertz CT molecular complexity index is 1040. The molecule has 0 saturated carbocycles. The summed E-state index contributed by atoms with van der Waals surface area (Å²) in [6.45, 7) is 1.82. The zero-order valence-corrected chi connectivity index (χ0v) is 17.9. The third kappa shape index (κ3) is 3.80. The number of methoxy groups -OCH3 is 2. The van der Waals surface area contributed by atoms with Gasteiger partial charge >= 0.3 is 0 Å². The van der Waals surface area contributed by atoms with Crippen LogP contribution in [0.4, 0.5) is 0 Å². The first kappa shape index (κ1) is 19.7. The van der Waals surface area contributed by atoms with Crippen LogP contribution in [0.5, 0.6) is 11.5 Å². The van der Waals surface area contributed by atoms with Crippen molar-refractivity contribution in [1.82, 2.24) is 14.3 Å². The van der Waals surface area contributed by atoms with Crippen LogP contribution in [0.2, 0.25) is 0 Å². The van der Waals surface area contributed by atoms with E-state index in [-0.39, 0.29) is 0 Å². The van der Waals surface area contributed by atoms with Crippen molar-refractivity contribution in [2.24, 2.45) is 7.05 Å². The van der Waals surface area contributed by atoms with Crippen LogP contribution in [0.1, 0.15) is 24.4 Å². The summed E-state index contributed by atoms with van der Waals surface area (Å²) in [5.41, 5.74) is 2.29. The molecule has 6 nitrogen and oxygen atoms in total. The van der Waals surface area contributed by atoms with Crippen LogP contribution >= 0.6 is 12.2 Å². The van der Waals surface area contributed by atoms with E-state index in [2.05, 4.69) is 18.2 Å². The normalized spacial score (nSPS) is 18.7. The maximum absolute atomic E-state index is 5.69. The highest BCUT2D eigenvalue weighted by Crippen LogP contribution is 2.31. The third-order valence-electron chi connectivity index (χ3n) is 5.73. The van der Waals surface area contributed by atoms with Gasteiger partial charge < -0.3 is 18.9 Å². The van der Waals surface area contributed by atoms with Crippen LogP contribution in [-0.2, 0) is 13.7 Å². The fourth-order valence-corrected chi connectivity index (χ4v) is 4.40. The lowest BCUT2D eigenvalue weighted by atomic mass is 10.0. The molecule has 2 aromatic carbocycles. The molecular formula is C22H27N4O2S+. The summed E-state index contributed by atoms with van der Waals surface area (Å²) in [4.78, 5) is 1.45. The van der Waals surface area contributed by atoms with Crippen LogP contribution in [0.3, 0.4) is 0 Å². The van der Waals surface area contributed by atoms with E-state index in [4.69, 9.17) is 26.8 Å². The molecule has 1 aromatic heterocycles. The Balaban J connectivity index is 1.63. The van der Waals surface area contributed by atoms with Gasteiger partial charge in [0, 0.05) is 31.5 Å². The lowest BCUT2D eigenvalue weighted by Gasteiger charge is -2.23. The number of hydrogen-bond donors (Lipinski definition) is 1. The molecule has 0 radical (unpaired) electrons. The van der Waals surface area contributed by atoms with Crippen molar-refractivity contribution in [3.05, 3.63) is 58.9 Å². The minimum absolute atomic E-state index is 0.347. The minimum atomic E-state index is 0.347. The number of ether oxygens (including phenoxy) is 2. The lowest BCUT2D eigenvalue weighted by molar-refractivity contribution is -0.941. The van der Waals surface area contributed by atoms with E-state index in [1.165, 1.54) is 16.9 Å². The molecule has 0 spiro atoms. The molecule has 1 aliphatic heterocycles. The number of quaternary nitrogens is 1. The van der Waals surface area contributed by atoms with Crippen LogP contribution in [0.25, 0.3) is 11.4 Å². The van der Waals surface area contributed by atoms with E-state index in [1.807, 2.05) is 46.6 Å². The maximum Gasteiger partial charge on any atom is 0.202 e. The second-order valence-electron chi connectivity index (χ2n) is 7.40. The van der Waals surface area contributed by atoms with Gasteiger partial charge in [-0.05, 0) is 24.4 Å². The van der Waals surface area contributed by atoms with Gasteiger partial charge in [-0.25, -0.2) is 0 Å². The topological polar surface area (TPSA) is 45.7 Å². The van der Waals surface area contributed by atoms with Gasteiger partial charge in [-0.1, -0.05) is 30.3 Å². The molecular weight excluding hydrogens is 384 g/mol. The number of nitrogens with one attached hydrogen (secondary N) is 1. The molecule has 0 bridgehead atoms. The monoisotopic (exact) mass is 411 g/mol. The van der Waals surface area contributed by atoms with Gasteiger partial charge in [0.2, 0.25) is 4.77 Å². The molecule has 1 aliphatic rings. The molecule has 0 amide bonds. The van der Waals surface area contributed by atoms with Crippen molar-refractivity contribution >= 4 is 12.2 Å². The molecule has 1 N–H and O–H groups in total. The number of rotatable bonds is 6.